The Morgan fingerprint density at radius 2 is 1.94 bits per heavy atom. The number of halogens is 2. The normalized spacial score (nSPS) is 10.0. The number of H-pyrrole nitrogens is 1. The monoisotopic (exact) mass is 279 g/mol. The first-order valence-corrected chi connectivity index (χ1v) is 6.86. The molecule has 0 atom stereocenters. The van der Waals surface area contributed by atoms with Gasteiger partial charge in [-0.3, -0.25) is 0 Å². The first kappa shape index (κ1) is 13.2. The molecular formula is C9H7Cl2NO3S. The average Bonchev–Trinajstić information content (AvgIpc) is 2.59. The summed E-state index contributed by atoms with van der Waals surface area (Å²) in [6.45, 7) is 0. The Labute approximate surface area is 103 Å². The SMILES string of the molecule is O=C(O)c1cc2ccccc2[nH]1.[O-][S+](Cl)Cl. The summed E-state index contributed by atoms with van der Waals surface area (Å²) in [4.78, 5) is 13.3. The van der Waals surface area contributed by atoms with Gasteiger partial charge in [0.25, 0.3) is 0 Å². The summed E-state index contributed by atoms with van der Waals surface area (Å²) in [5.74, 6) is -0.925. The molecular weight excluding hydrogens is 273 g/mol. The van der Waals surface area contributed by atoms with Crippen LogP contribution < -0.4 is 0 Å². The van der Waals surface area contributed by atoms with E-state index in [9.17, 15) is 4.79 Å². The van der Waals surface area contributed by atoms with Crippen molar-refractivity contribution < 1.29 is 14.5 Å². The lowest BCUT2D eigenvalue weighted by molar-refractivity contribution is 0.0691. The molecule has 0 fully saturated rings. The number of fused-ring (bicyclic) bond motifs is 1. The third kappa shape index (κ3) is 3.94. The smallest absolute Gasteiger partial charge is 0.352 e. The van der Waals surface area contributed by atoms with E-state index in [2.05, 4.69) is 26.3 Å². The summed E-state index contributed by atoms with van der Waals surface area (Å²) >= 11 is 0. The fourth-order valence-corrected chi connectivity index (χ4v) is 1.19. The van der Waals surface area contributed by atoms with Gasteiger partial charge in [-0.25, -0.2) is 4.79 Å². The van der Waals surface area contributed by atoms with Crippen LogP contribution in [0.25, 0.3) is 10.9 Å². The number of aromatic carboxylic acids is 1. The Balaban J connectivity index is 0.000000280. The molecule has 4 nitrogen and oxygen atoms in total. The van der Waals surface area contributed by atoms with E-state index in [4.69, 9.17) is 9.66 Å². The largest absolute Gasteiger partial charge is 0.582 e. The minimum absolute atomic E-state index is 0.233. The van der Waals surface area contributed by atoms with Crippen LogP contribution in [0.1, 0.15) is 10.5 Å². The second-order valence-electron chi connectivity index (χ2n) is 2.76. The number of carboxylic acid groups (broad SMARTS) is 1. The zero-order chi connectivity index (χ0) is 12.1. The van der Waals surface area contributed by atoms with Gasteiger partial charge in [-0.15, -0.1) is 0 Å². The standard InChI is InChI=1S/C9H7NO2.Cl2OS/c11-9(12)8-5-6-3-1-2-4-7(6)10-8;1-4(2)3/h1-5,10H,(H,11,12);. The maximum Gasteiger partial charge on any atom is 0.352 e. The van der Waals surface area contributed by atoms with Crippen LogP contribution in [0.4, 0.5) is 0 Å². The number of benzene rings is 1. The van der Waals surface area contributed by atoms with Crippen LogP contribution in [-0.4, -0.2) is 20.6 Å². The van der Waals surface area contributed by atoms with Gasteiger partial charge >= 0.3 is 5.97 Å². The maximum atomic E-state index is 10.5. The maximum absolute atomic E-state index is 10.5. The topological polar surface area (TPSA) is 76.1 Å². The summed E-state index contributed by atoms with van der Waals surface area (Å²) in [6, 6.07) is 9.09. The van der Waals surface area contributed by atoms with Crippen molar-refractivity contribution in [1.82, 2.24) is 4.98 Å². The molecule has 86 valence electrons. The summed E-state index contributed by atoms with van der Waals surface area (Å²) < 4.78 is 9.09. The molecule has 2 N–H and O–H groups in total. The molecule has 0 amide bonds. The van der Waals surface area contributed by atoms with Crippen molar-refractivity contribution in [3.63, 3.8) is 0 Å². The van der Waals surface area contributed by atoms with Crippen LogP contribution in [0.5, 0.6) is 0 Å². The van der Waals surface area contributed by atoms with Crippen molar-refractivity contribution in [3.8, 4) is 0 Å². The Kier molecular flexibility index (Phi) is 4.95. The van der Waals surface area contributed by atoms with E-state index in [1.54, 1.807) is 6.07 Å². The number of aromatic nitrogens is 1. The Morgan fingerprint density at radius 3 is 2.44 bits per heavy atom. The van der Waals surface area contributed by atoms with E-state index in [-0.39, 0.29) is 5.69 Å². The number of aromatic amines is 1. The number of carbonyl (C=O) groups is 1. The molecule has 0 bridgehead atoms. The number of para-hydroxylation sites is 1. The lowest BCUT2D eigenvalue weighted by Crippen LogP contribution is -1.94. The van der Waals surface area contributed by atoms with E-state index in [1.165, 1.54) is 0 Å². The van der Waals surface area contributed by atoms with Crippen molar-refractivity contribution >= 4 is 47.8 Å². The second kappa shape index (κ2) is 6.00. The quantitative estimate of drug-likeness (QED) is 0.788. The van der Waals surface area contributed by atoms with Gasteiger partial charge in [-0.1, -0.05) is 18.2 Å². The predicted octanol–water partition coefficient (Wildman–Crippen LogP) is 2.91. The average molecular weight is 280 g/mol. The van der Waals surface area contributed by atoms with Crippen LogP contribution in [0.2, 0.25) is 0 Å². The van der Waals surface area contributed by atoms with Crippen LogP contribution in [0.3, 0.4) is 0 Å². The molecule has 16 heavy (non-hydrogen) atoms. The van der Waals surface area contributed by atoms with Gasteiger partial charge in [0.15, 0.2) is 31.0 Å². The lowest BCUT2D eigenvalue weighted by atomic mass is 10.2. The predicted molar refractivity (Wildman–Crippen MR) is 65.1 cm³/mol. The highest BCUT2D eigenvalue weighted by Crippen LogP contribution is 2.13. The minimum atomic E-state index is -1.67. The van der Waals surface area contributed by atoms with Gasteiger partial charge in [0.1, 0.15) is 5.69 Å². The molecule has 0 saturated carbocycles. The van der Waals surface area contributed by atoms with E-state index < -0.39 is 15.6 Å². The zero-order valence-corrected chi connectivity index (χ0v) is 10.1. The molecule has 0 aliphatic heterocycles. The zero-order valence-electron chi connectivity index (χ0n) is 7.81. The molecule has 0 radical (unpaired) electrons. The fraction of sp³-hybridized carbons (Fsp3) is 0. The van der Waals surface area contributed by atoms with Crippen molar-refractivity contribution in [1.29, 1.82) is 0 Å². The van der Waals surface area contributed by atoms with E-state index >= 15 is 0 Å². The molecule has 0 aliphatic rings. The Hall–Kier alpha value is -0.880. The summed E-state index contributed by atoms with van der Waals surface area (Å²) in [7, 11) is 7.36. The van der Waals surface area contributed by atoms with Gasteiger partial charge in [-0.05, 0) is 12.1 Å². The molecule has 1 aromatic carbocycles. The fourth-order valence-electron chi connectivity index (χ4n) is 1.19. The summed E-state index contributed by atoms with van der Waals surface area (Å²) in [5.41, 5.74) is 1.09. The first-order chi connectivity index (χ1) is 7.50. The molecule has 0 aliphatic carbocycles. The number of hydrogen-bond acceptors (Lipinski definition) is 2. The molecule has 1 heterocycles. The number of carboxylic acids is 1. The van der Waals surface area contributed by atoms with Gasteiger partial charge in [-0.2, -0.15) is 0 Å². The Bertz CT molecular complexity index is 451. The summed E-state index contributed by atoms with van der Waals surface area (Å²) in [5, 5.41) is 9.58. The number of nitrogens with one attached hydrogen (secondary N) is 1. The molecule has 0 spiro atoms. The molecule has 2 rings (SSSR count). The second-order valence-corrected chi connectivity index (χ2v) is 5.28. The van der Waals surface area contributed by atoms with Crippen LogP contribution in [0, 0.1) is 0 Å². The van der Waals surface area contributed by atoms with Crippen LogP contribution in [-0.2, 0) is 9.60 Å². The van der Waals surface area contributed by atoms with E-state index in [0.717, 1.165) is 10.9 Å². The highest BCUT2D eigenvalue weighted by atomic mass is 36.0. The molecule has 2 aromatic rings. The number of rotatable bonds is 1. The van der Waals surface area contributed by atoms with Gasteiger partial charge < -0.3 is 14.6 Å². The molecule has 0 unspecified atom stereocenters. The van der Waals surface area contributed by atoms with Crippen LogP contribution >= 0.6 is 21.4 Å². The third-order valence-corrected chi connectivity index (χ3v) is 1.76. The van der Waals surface area contributed by atoms with Crippen molar-refractivity contribution in [2.75, 3.05) is 0 Å². The Morgan fingerprint density at radius 1 is 1.38 bits per heavy atom. The minimum Gasteiger partial charge on any atom is -0.582 e. The van der Waals surface area contributed by atoms with Crippen molar-refractivity contribution in [2.24, 2.45) is 0 Å². The first-order valence-electron chi connectivity index (χ1n) is 4.06. The van der Waals surface area contributed by atoms with Gasteiger partial charge in [0, 0.05) is 10.9 Å². The molecule has 1 aromatic heterocycles. The highest BCUT2D eigenvalue weighted by Gasteiger charge is 2.05. The van der Waals surface area contributed by atoms with Gasteiger partial charge in [0.2, 0.25) is 0 Å². The van der Waals surface area contributed by atoms with E-state index in [1.807, 2.05) is 24.3 Å². The van der Waals surface area contributed by atoms with Crippen molar-refractivity contribution in [2.45, 2.75) is 0 Å². The molecule has 7 heteroatoms. The highest BCUT2D eigenvalue weighted by molar-refractivity contribution is 8.31. The number of hydrogen-bond donors (Lipinski definition) is 2. The van der Waals surface area contributed by atoms with Gasteiger partial charge in [0.05, 0.1) is 0 Å². The molecule has 0 saturated heterocycles. The summed E-state index contributed by atoms with van der Waals surface area (Å²) in [6.07, 6.45) is 0. The van der Waals surface area contributed by atoms with Crippen LogP contribution in [0.15, 0.2) is 30.3 Å². The van der Waals surface area contributed by atoms with E-state index in [0.29, 0.717) is 0 Å². The third-order valence-electron chi connectivity index (χ3n) is 1.76. The lowest BCUT2D eigenvalue weighted by Gasteiger charge is -1.84. The van der Waals surface area contributed by atoms with Crippen molar-refractivity contribution in [3.05, 3.63) is 36.0 Å².